The van der Waals surface area contributed by atoms with Gasteiger partial charge in [-0.2, -0.15) is 0 Å². The zero-order chi connectivity index (χ0) is 17.1. The Bertz CT molecular complexity index is 811. The maximum absolute atomic E-state index is 13.6. The second kappa shape index (κ2) is 6.41. The van der Waals surface area contributed by atoms with Crippen LogP contribution in [-0.4, -0.2) is 24.2 Å². The highest BCUT2D eigenvalue weighted by Crippen LogP contribution is 2.34. The van der Waals surface area contributed by atoms with E-state index in [-0.39, 0.29) is 12.5 Å². The summed E-state index contributed by atoms with van der Waals surface area (Å²) in [4.78, 5) is 21.6. The Balaban J connectivity index is 1.59. The van der Waals surface area contributed by atoms with Crippen LogP contribution in [0.25, 0.3) is 0 Å². The molecule has 24 heavy (non-hydrogen) atoms. The van der Waals surface area contributed by atoms with Gasteiger partial charge in [0.2, 0.25) is 6.79 Å². The van der Waals surface area contributed by atoms with Gasteiger partial charge in [0.15, 0.2) is 29.7 Å². The summed E-state index contributed by atoms with van der Waals surface area (Å²) >= 11 is 0. The number of benzene rings is 2. The molecule has 0 bridgehead atoms. The van der Waals surface area contributed by atoms with Crippen LogP contribution >= 0.6 is 0 Å². The molecule has 1 amide bonds. The first-order chi connectivity index (χ1) is 11.5. The van der Waals surface area contributed by atoms with Crippen molar-refractivity contribution in [1.29, 1.82) is 0 Å². The molecule has 1 heterocycles. The van der Waals surface area contributed by atoms with E-state index in [1.54, 1.807) is 18.2 Å². The first-order valence-corrected chi connectivity index (χ1v) is 6.79. The van der Waals surface area contributed by atoms with Gasteiger partial charge >= 0.3 is 0 Å². The second-order valence-corrected chi connectivity index (χ2v) is 4.78. The highest BCUT2D eigenvalue weighted by atomic mass is 19.1. The number of rotatable bonds is 5. The van der Waals surface area contributed by atoms with E-state index in [9.17, 15) is 19.3 Å². The fourth-order valence-electron chi connectivity index (χ4n) is 2.04. The molecular formula is C15H11FN2O6. The molecule has 2 aromatic rings. The minimum atomic E-state index is -0.917. The lowest BCUT2D eigenvalue weighted by atomic mass is 10.3. The van der Waals surface area contributed by atoms with Crippen LogP contribution in [0.2, 0.25) is 0 Å². The number of nitrogens with one attached hydrogen (secondary N) is 1. The van der Waals surface area contributed by atoms with E-state index in [0.717, 1.165) is 18.2 Å². The average molecular weight is 334 g/mol. The van der Waals surface area contributed by atoms with Gasteiger partial charge in [0, 0.05) is 17.8 Å². The molecule has 0 unspecified atom stereocenters. The lowest BCUT2D eigenvalue weighted by Gasteiger charge is -2.08. The molecule has 1 N–H and O–H groups in total. The quantitative estimate of drug-likeness (QED) is 0.666. The van der Waals surface area contributed by atoms with Gasteiger partial charge in [-0.1, -0.05) is 0 Å². The van der Waals surface area contributed by atoms with Crippen molar-refractivity contribution < 1.29 is 28.3 Å². The van der Waals surface area contributed by atoms with Gasteiger partial charge in [0.1, 0.15) is 0 Å². The van der Waals surface area contributed by atoms with E-state index in [4.69, 9.17) is 14.2 Å². The van der Waals surface area contributed by atoms with Gasteiger partial charge in [-0.15, -0.1) is 0 Å². The number of carbonyl (C=O) groups excluding carboxylic acids is 1. The molecule has 0 fully saturated rings. The predicted octanol–water partition coefficient (Wildman–Crippen LogP) is 2.48. The van der Waals surface area contributed by atoms with E-state index < -0.39 is 28.9 Å². The van der Waals surface area contributed by atoms with Gasteiger partial charge in [-0.3, -0.25) is 14.9 Å². The van der Waals surface area contributed by atoms with Crippen LogP contribution in [0.1, 0.15) is 0 Å². The molecule has 0 atom stereocenters. The number of halogens is 1. The van der Waals surface area contributed by atoms with Crippen molar-refractivity contribution in [1.82, 2.24) is 0 Å². The molecule has 0 aromatic heterocycles. The number of hydrogen-bond donors (Lipinski definition) is 1. The SMILES string of the molecule is O=C(COc1ccc([N+](=O)[O-])cc1F)Nc1ccc2c(c1)OCO2. The van der Waals surface area contributed by atoms with E-state index in [0.29, 0.717) is 17.2 Å². The summed E-state index contributed by atoms with van der Waals surface area (Å²) in [6.45, 7) is -0.335. The van der Waals surface area contributed by atoms with Gasteiger partial charge in [0.05, 0.1) is 11.0 Å². The van der Waals surface area contributed by atoms with E-state index in [2.05, 4.69) is 5.32 Å². The number of hydrogen-bond acceptors (Lipinski definition) is 6. The third-order valence-corrected chi connectivity index (χ3v) is 3.14. The maximum Gasteiger partial charge on any atom is 0.272 e. The monoisotopic (exact) mass is 334 g/mol. The molecule has 0 aliphatic carbocycles. The van der Waals surface area contributed by atoms with E-state index in [1.165, 1.54) is 0 Å². The Morgan fingerprint density at radius 3 is 2.79 bits per heavy atom. The summed E-state index contributed by atoms with van der Waals surface area (Å²) in [7, 11) is 0. The molecule has 2 aromatic carbocycles. The molecule has 1 aliphatic heterocycles. The third kappa shape index (κ3) is 3.35. The number of nitro benzene ring substituents is 1. The first kappa shape index (κ1) is 15.5. The molecule has 9 heteroatoms. The third-order valence-electron chi connectivity index (χ3n) is 3.14. The highest BCUT2D eigenvalue weighted by Gasteiger charge is 2.15. The molecule has 3 rings (SSSR count). The van der Waals surface area contributed by atoms with Crippen LogP contribution in [0, 0.1) is 15.9 Å². The Labute approximate surface area is 134 Å². The molecule has 8 nitrogen and oxygen atoms in total. The van der Waals surface area contributed by atoms with Crippen LogP contribution < -0.4 is 19.5 Å². The number of amides is 1. The molecule has 0 saturated carbocycles. The highest BCUT2D eigenvalue weighted by molar-refractivity contribution is 5.92. The van der Waals surface area contributed by atoms with Crippen molar-refractivity contribution in [2.24, 2.45) is 0 Å². The number of fused-ring (bicyclic) bond motifs is 1. The lowest BCUT2D eigenvalue weighted by molar-refractivity contribution is -0.385. The number of carbonyl (C=O) groups is 1. The van der Waals surface area contributed by atoms with Crippen LogP contribution in [0.3, 0.4) is 0 Å². The fraction of sp³-hybridized carbons (Fsp3) is 0.133. The Morgan fingerprint density at radius 1 is 1.25 bits per heavy atom. The summed E-state index contributed by atoms with van der Waals surface area (Å²) in [5, 5.41) is 13.1. The van der Waals surface area contributed by atoms with Crippen molar-refractivity contribution in [3.8, 4) is 17.2 Å². The Kier molecular flexibility index (Phi) is 4.15. The van der Waals surface area contributed by atoms with Gasteiger partial charge in [-0.25, -0.2) is 4.39 Å². The number of ether oxygens (including phenoxy) is 3. The minimum Gasteiger partial charge on any atom is -0.481 e. The summed E-state index contributed by atoms with van der Waals surface area (Å²) in [6, 6.07) is 7.78. The number of nitrogens with zero attached hydrogens (tertiary/aromatic N) is 1. The Morgan fingerprint density at radius 2 is 2.04 bits per heavy atom. The molecule has 0 saturated heterocycles. The average Bonchev–Trinajstić information content (AvgIpc) is 3.01. The van der Waals surface area contributed by atoms with Crippen molar-refractivity contribution in [2.45, 2.75) is 0 Å². The largest absolute Gasteiger partial charge is 0.481 e. The van der Waals surface area contributed by atoms with E-state index in [1.807, 2.05) is 0 Å². The van der Waals surface area contributed by atoms with Crippen LogP contribution in [0.5, 0.6) is 17.2 Å². The van der Waals surface area contributed by atoms with Crippen molar-refractivity contribution in [2.75, 3.05) is 18.7 Å². The van der Waals surface area contributed by atoms with Gasteiger partial charge < -0.3 is 19.5 Å². The number of non-ortho nitro benzene ring substituents is 1. The zero-order valence-electron chi connectivity index (χ0n) is 12.2. The predicted molar refractivity (Wildman–Crippen MR) is 79.7 cm³/mol. The molecule has 0 spiro atoms. The van der Waals surface area contributed by atoms with Crippen LogP contribution in [0.4, 0.5) is 15.8 Å². The number of anilines is 1. The standard InChI is InChI=1S/C15H11FN2O6/c16-11-6-10(18(20)21)2-4-12(11)22-7-15(19)17-9-1-3-13-14(5-9)24-8-23-13/h1-6H,7-8H2,(H,17,19). The summed E-state index contributed by atoms with van der Waals surface area (Å²) < 4.78 is 29.0. The van der Waals surface area contributed by atoms with Crippen LogP contribution in [0.15, 0.2) is 36.4 Å². The fourth-order valence-corrected chi connectivity index (χ4v) is 2.04. The van der Waals surface area contributed by atoms with Crippen molar-refractivity contribution in [3.63, 3.8) is 0 Å². The normalized spacial score (nSPS) is 11.9. The summed E-state index contributed by atoms with van der Waals surface area (Å²) in [5.41, 5.74) is 0.0710. The lowest BCUT2D eigenvalue weighted by Crippen LogP contribution is -2.20. The summed E-state index contributed by atoms with van der Waals surface area (Å²) in [5.74, 6) is -0.597. The Hall–Kier alpha value is -3.36. The summed E-state index contributed by atoms with van der Waals surface area (Å²) in [6.07, 6.45) is 0. The van der Waals surface area contributed by atoms with Crippen molar-refractivity contribution >= 4 is 17.3 Å². The first-order valence-electron chi connectivity index (χ1n) is 6.79. The van der Waals surface area contributed by atoms with Gasteiger partial charge in [-0.05, 0) is 18.2 Å². The molecular weight excluding hydrogens is 323 g/mol. The molecule has 0 radical (unpaired) electrons. The van der Waals surface area contributed by atoms with E-state index >= 15 is 0 Å². The smallest absolute Gasteiger partial charge is 0.272 e. The molecule has 1 aliphatic rings. The maximum atomic E-state index is 13.6. The second-order valence-electron chi connectivity index (χ2n) is 4.78. The zero-order valence-corrected chi connectivity index (χ0v) is 12.2. The van der Waals surface area contributed by atoms with Gasteiger partial charge in [0.25, 0.3) is 11.6 Å². The minimum absolute atomic E-state index is 0.120. The number of nitro groups is 1. The topological polar surface area (TPSA) is 99.9 Å². The van der Waals surface area contributed by atoms with Crippen LogP contribution in [-0.2, 0) is 4.79 Å². The molecule has 124 valence electrons. The van der Waals surface area contributed by atoms with Crippen molar-refractivity contribution in [3.05, 3.63) is 52.3 Å².